The van der Waals surface area contributed by atoms with Crippen LogP contribution in [0.2, 0.25) is 0 Å². The lowest BCUT2D eigenvalue weighted by atomic mass is 9.96. The van der Waals surface area contributed by atoms with Crippen molar-refractivity contribution in [2.75, 3.05) is 26.7 Å². The number of aryl methyl sites for hydroxylation is 2. The summed E-state index contributed by atoms with van der Waals surface area (Å²) < 4.78 is 42.4. The number of hydroxylamine groups is 2. The third kappa shape index (κ3) is 7.56. The molecule has 1 saturated heterocycles. The van der Waals surface area contributed by atoms with Crippen LogP contribution in [-0.2, 0) is 16.0 Å². The predicted molar refractivity (Wildman–Crippen MR) is 134 cm³/mol. The molecule has 1 unspecified atom stereocenters. The van der Waals surface area contributed by atoms with Gasteiger partial charge in [-0.3, -0.25) is 15.0 Å². The van der Waals surface area contributed by atoms with E-state index < -0.39 is 30.6 Å². The van der Waals surface area contributed by atoms with Crippen LogP contribution in [0.5, 0.6) is 5.75 Å². The van der Waals surface area contributed by atoms with Crippen LogP contribution >= 0.6 is 0 Å². The SMILES string of the molecule is CCc1cc(OCC(F)(F)F)ccc1C1CN/C(=C(/NC(=O)CN(C)O)C(=N)c2ccc(C)cc2)C(=O)N1. The summed E-state index contributed by atoms with van der Waals surface area (Å²) in [5.74, 6) is -1.14. The Balaban J connectivity index is 1.87. The number of nitrogens with one attached hydrogen (secondary N) is 4. The normalized spacial score (nSPS) is 16.9. The molecule has 1 aliphatic heterocycles. The first-order valence-electron chi connectivity index (χ1n) is 11.8. The Bertz CT molecular complexity index is 1230. The fraction of sp³-hybridized carbons (Fsp3) is 0.346. The van der Waals surface area contributed by atoms with Gasteiger partial charge in [0.1, 0.15) is 18.0 Å². The van der Waals surface area contributed by atoms with Gasteiger partial charge < -0.3 is 25.9 Å². The lowest BCUT2D eigenvalue weighted by Crippen LogP contribution is -2.49. The first kappa shape index (κ1) is 28.7. The van der Waals surface area contributed by atoms with E-state index in [9.17, 15) is 28.0 Å². The van der Waals surface area contributed by atoms with E-state index in [-0.39, 0.29) is 35.9 Å². The maximum Gasteiger partial charge on any atom is 0.422 e. The maximum atomic E-state index is 13.2. The van der Waals surface area contributed by atoms with Gasteiger partial charge in [0.2, 0.25) is 5.91 Å². The van der Waals surface area contributed by atoms with Crippen LogP contribution in [0.3, 0.4) is 0 Å². The number of carbonyl (C=O) groups is 2. The molecule has 1 heterocycles. The number of halogens is 3. The molecule has 0 radical (unpaired) electrons. The zero-order valence-electron chi connectivity index (χ0n) is 21.2. The standard InChI is InChI=1S/C26H30F3N5O4/c1-4-16-11-18(38-14-26(27,28)29)9-10-19(16)20-12-31-24(25(36)32-20)23(33-21(35)13-34(3)37)22(30)17-7-5-15(2)6-8-17/h5-11,20,30-31,37H,4,12-14H2,1-3H3,(H,32,36)(H,33,35)/b24-23+,30-22?. The van der Waals surface area contributed by atoms with Gasteiger partial charge in [-0.1, -0.05) is 42.8 Å². The lowest BCUT2D eigenvalue weighted by Gasteiger charge is -2.30. The molecule has 38 heavy (non-hydrogen) atoms. The van der Waals surface area contributed by atoms with Crippen molar-refractivity contribution in [3.8, 4) is 5.75 Å². The molecule has 1 atom stereocenters. The highest BCUT2D eigenvalue weighted by molar-refractivity contribution is 6.16. The first-order chi connectivity index (χ1) is 17.9. The quantitative estimate of drug-likeness (QED) is 0.192. The van der Waals surface area contributed by atoms with E-state index in [2.05, 4.69) is 16.0 Å². The van der Waals surface area contributed by atoms with E-state index in [1.54, 1.807) is 30.3 Å². The summed E-state index contributed by atoms with van der Waals surface area (Å²) in [7, 11) is 1.29. The molecule has 0 aromatic heterocycles. The fourth-order valence-electron chi connectivity index (χ4n) is 3.94. The molecule has 0 saturated carbocycles. The smallest absolute Gasteiger partial charge is 0.422 e. The average molecular weight is 534 g/mol. The van der Waals surface area contributed by atoms with E-state index in [4.69, 9.17) is 10.1 Å². The van der Waals surface area contributed by atoms with E-state index >= 15 is 0 Å². The van der Waals surface area contributed by atoms with Gasteiger partial charge in [0.15, 0.2) is 6.61 Å². The molecule has 5 N–H and O–H groups in total. The van der Waals surface area contributed by atoms with Crippen molar-refractivity contribution in [1.29, 1.82) is 5.41 Å². The second kappa shape index (κ2) is 12.1. The number of rotatable bonds is 9. The number of hydrogen-bond acceptors (Lipinski definition) is 7. The minimum absolute atomic E-state index is 0.0241. The van der Waals surface area contributed by atoms with Crippen LogP contribution < -0.4 is 20.7 Å². The molecule has 2 aromatic rings. The molecule has 2 amide bonds. The van der Waals surface area contributed by atoms with Crippen molar-refractivity contribution >= 4 is 17.5 Å². The molecule has 1 fully saturated rings. The highest BCUT2D eigenvalue weighted by atomic mass is 19.4. The number of amides is 2. The van der Waals surface area contributed by atoms with Crippen LogP contribution in [0.4, 0.5) is 13.2 Å². The first-order valence-corrected chi connectivity index (χ1v) is 11.8. The van der Waals surface area contributed by atoms with E-state index in [1.165, 1.54) is 19.2 Å². The minimum Gasteiger partial charge on any atom is -0.484 e. The second-order valence-electron chi connectivity index (χ2n) is 8.88. The molecule has 0 aliphatic carbocycles. The monoisotopic (exact) mass is 533 g/mol. The van der Waals surface area contributed by atoms with Crippen LogP contribution in [0.1, 0.15) is 35.2 Å². The Labute approximate surface area is 218 Å². The number of alkyl halides is 3. The molecule has 204 valence electrons. The van der Waals surface area contributed by atoms with Gasteiger partial charge in [-0.15, -0.1) is 0 Å². The van der Waals surface area contributed by atoms with Crippen molar-refractivity contribution in [2.45, 2.75) is 32.5 Å². The number of piperazine rings is 1. The maximum absolute atomic E-state index is 13.2. The summed E-state index contributed by atoms with van der Waals surface area (Å²) in [6, 6.07) is 11.0. The summed E-state index contributed by atoms with van der Waals surface area (Å²) >= 11 is 0. The Morgan fingerprint density at radius 3 is 2.50 bits per heavy atom. The van der Waals surface area contributed by atoms with Crippen molar-refractivity contribution in [2.24, 2.45) is 0 Å². The van der Waals surface area contributed by atoms with Crippen LogP contribution in [0.25, 0.3) is 0 Å². The van der Waals surface area contributed by atoms with Crippen LogP contribution in [0, 0.1) is 12.3 Å². The second-order valence-corrected chi connectivity index (χ2v) is 8.88. The van der Waals surface area contributed by atoms with E-state index in [0.717, 1.165) is 5.56 Å². The van der Waals surface area contributed by atoms with Crippen molar-refractivity contribution in [3.63, 3.8) is 0 Å². The van der Waals surface area contributed by atoms with Gasteiger partial charge in [-0.2, -0.15) is 18.2 Å². The third-order valence-electron chi connectivity index (χ3n) is 5.77. The van der Waals surface area contributed by atoms with Crippen LogP contribution in [0.15, 0.2) is 53.9 Å². The Morgan fingerprint density at radius 1 is 1.24 bits per heavy atom. The summed E-state index contributed by atoms with van der Waals surface area (Å²) in [5, 5.41) is 27.2. The highest BCUT2D eigenvalue weighted by Crippen LogP contribution is 2.27. The van der Waals surface area contributed by atoms with Gasteiger partial charge in [0.05, 0.1) is 17.5 Å². The molecule has 3 rings (SSSR count). The Kier molecular flexibility index (Phi) is 9.13. The largest absolute Gasteiger partial charge is 0.484 e. The van der Waals surface area contributed by atoms with Gasteiger partial charge in [-0.05, 0) is 36.6 Å². The van der Waals surface area contributed by atoms with E-state index in [1.807, 2.05) is 13.8 Å². The van der Waals surface area contributed by atoms with Crippen molar-refractivity contribution < 1.29 is 32.7 Å². The number of allylic oxidation sites excluding steroid dienone is 1. The molecule has 12 heteroatoms. The molecular formula is C26H30F3N5O4. The molecule has 1 aliphatic rings. The van der Waals surface area contributed by atoms with Crippen molar-refractivity contribution in [3.05, 3.63) is 76.1 Å². The molecule has 9 nitrogen and oxygen atoms in total. The van der Waals surface area contributed by atoms with Crippen molar-refractivity contribution in [1.82, 2.24) is 21.0 Å². The number of ether oxygens (including phenoxy) is 1. The number of hydrogen-bond donors (Lipinski definition) is 5. The topological polar surface area (TPSA) is 127 Å². The van der Waals surface area contributed by atoms with Gasteiger partial charge in [0, 0.05) is 19.2 Å². The molecule has 2 aromatic carbocycles. The number of benzene rings is 2. The lowest BCUT2D eigenvalue weighted by molar-refractivity contribution is -0.153. The van der Waals surface area contributed by atoms with Crippen LogP contribution in [-0.4, -0.2) is 60.7 Å². The molecular weight excluding hydrogens is 503 g/mol. The Morgan fingerprint density at radius 2 is 1.92 bits per heavy atom. The summed E-state index contributed by atoms with van der Waals surface area (Å²) in [6.45, 7) is 2.13. The molecule has 0 bridgehead atoms. The van der Waals surface area contributed by atoms with E-state index in [0.29, 0.717) is 28.2 Å². The zero-order valence-corrected chi connectivity index (χ0v) is 21.2. The predicted octanol–water partition coefficient (Wildman–Crippen LogP) is 2.98. The van der Waals surface area contributed by atoms with Gasteiger partial charge in [0.25, 0.3) is 5.91 Å². The summed E-state index contributed by atoms with van der Waals surface area (Å²) in [4.78, 5) is 25.6. The average Bonchev–Trinajstić information content (AvgIpc) is 2.85. The zero-order chi connectivity index (χ0) is 28.0. The van der Waals surface area contributed by atoms with Gasteiger partial charge in [-0.25, -0.2) is 0 Å². The number of nitrogens with zero attached hydrogens (tertiary/aromatic N) is 1. The third-order valence-corrected chi connectivity index (χ3v) is 5.77. The number of carbonyl (C=O) groups excluding carboxylic acids is 2. The highest BCUT2D eigenvalue weighted by Gasteiger charge is 2.31. The summed E-state index contributed by atoms with van der Waals surface area (Å²) in [6.07, 6.45) is -3.97. The molecule has 0 spiro atoms. The summed E-state index contributed by atoms with van der Waals surface area (Å²) in [5.41, 5.74) is 2.67. The van der Waals surface area contributed by atoms with Gasteiger partial charge >= 0.3 is 6.18 Å². The minimum atomic E-state index is -4.46. The Hall–Kier alpha value is -3.90. The fourth-order valence-corrected chi connectivity index (χ4v) is 3.94. The number of likely N-dealkylation sites (N-methyl/N-ethyl adjacent to an activating group) is 1.